The zero-order chi connectivity index (χ0) is 16.8. The van der Waals surface area contributed by atoms with Crippen LogP contribution in [-0.4, -0.2) is 38.3 Å². The zero-order valence-corrected chi connectivity index (χ0v) is 17.7. The van der Waals surface area contributed by atoms with E-state index in [9.17, 15) is 0 Å². The zero-order valence-electron chi connectivity index (χ0n) is 15.3. The topological polar surface area (TPSA) is 58.8 Å². The summed E-state index contributed by atoms with van der Waals surface area (Å²) in [5, 5.41) is 6.76. The highest BCUT2D eigenvalue weighted by atomic mass is 127. The lowest BCUT2D eigenvalue weighted by Gasteiger charge is -2.12. The van der Waals surface area contributed by atoms with Crippen molar-refractivity contribution in [2.24, 2.45) is 4.99 Å². The minimum Gasteiger partial charge on any atom is -0.469 e. The van der Waals surface area contributed by atoms with Gasteiger partial charge in [0.25, 0.3) is 0 Å². The largest absolute Gasteiger partial charge is 0.469 e. The van der Waals surface area contributed by atoms with E-state index < -0.39 is 0 Å². The third-order valence-electron chi connectivity index (χ3n) is 3.34. The van der Waals surface area contributed by atoms with Crippen molar-refractivity contribution in [1.29, 1.82) is 0 Å². The Bertz CT molecular complexity index is 408. The molecule has 0 bridgehead atoms. The lowest BCUT2D eigenvalue weighted by Crippen LogP contribution is -2.39. The Morgan fingerprint density at radius 1 is 1.21 bits per heavy atom. The molecule has 0 amide bonds. The van der Waals surface area contributed by atoms with Crippen LogP contribution in [0.25, 0.3) is 0 Å². The van der Waals surface area contributed by atoms with Crippen molar-refractivity contribution < 1.29 is 9.15 Å². The molecule has 0 unspecified atom stereocenters. The van der Waals surface area contributed by atoms with Crippen molar-refractivity contribution in [3.05, 3.63) is 24.2 Å². The Hall–Kier alpha value is -0.760. The highest BCUT2D eigenvalue weighted by Gasteiger charge is 2.00. The van der Waals surface area contributed by atoms with Crippen LogP contribution >= 0.6 is 24.0 Å². The molecule has 2 N–H and O–H groups in total. The Balaban J connectivity index is 0.00000529. The van der Waals surface area contributed by atoms with Gasteiger partial charge in [0.05, 0.1) is 12.4 Å². The molecule has 0 aromatic carbocycles. The fourth-order valence-electron chi connectivity index (χ4n) is 2.04. The van der Waals surface area contributed by atoms with Crippen LogP contribution < -0.4 is 10.6 Å². The molecule has 0 aliphatic heterocycles. The van der Waals surface area contributed by atoms with Gasteiger partial charge in [0, 0.05) is 32.7 Å². The van der Waals surface area contributed by atoms with Crippen LogP contribution in [0.4, 0.5) is 0 Å². The van der Waals surface area contributed by atoms with E-state index >= 15 is 0 Å². The van der Waals surface area contributed by atoms with Crippen molar-refractivity contribution >= 4 is 29.9 Å². The average molecular weight is 451 g/mol. The van der Waals surface area contributed by atoms with Gasteiger partial charge in [-0.3, -0.25) is 4.99 Å². The average Bonchev–Trinajstić information content (AvgIpc) is 3.03. The third kappa shape index (κ3) is 12.6. The first kappa shape index (κ1) is 23.2. The van der Waals surface area contributed by atoms with E-state index in [1.54, 1.807) is 6.26 Å². The number of hydrogen-bond donors (Lipinski definition) is 2. The third-order valence-corrected chi connectivity index (χ3v) is 3.34. The highest BCUT2D eigenvalue weighted by molar-refractivity contribution is 14.0. The maximum atomic E-state index is 5.54. The minimum atomic E-state index is 0. The first-order valence-corrected chi connectivity index (χ1v) is 8.88. The number of guanidine groups is 1. The summed E-state index contributed by atoms with van der Waals surface area (Å²) in [6.45, 7) is 9.74. The molecule has 1 heterocycles. The molecule has 0 aliphatic rings. The quantitative estimate of drug-likeness (QED) is 0.219. The van der Waals surface area contributed by atoms with Gasteiger partial charge >= 0.3 is 0 Å². The van der Waals surface area contributed by atoms with E-state index in [0.717, 1.165) is 63.6 Å². The van der Waals surface area contributed by atoms with Gasteiger partial charge in [0.1, 0.15) is 5.76 Å². The number of aliphatic imine (C=N–C) groups is 1. The molecular weight excluding hydrogens is 417 g/mol. The molecule has 0 fully saturated rings. The van der Waals surface area contributed by atoms with E-state index in [4.69, 9.17) is 9.15 Å². The second kappa shape index (κ2) is 15.7. The fraction of sp³-hybridized carbons (Fsp3) is 0.722. The smallest absolute Gasteiger partial charge is 0.191 e. The molecule has 0 atom stereocenters. The standard InChI is InChI=1S/C18H33N3O2.HI/c1-4-5-11-19-18(20-12-6-7-14-22-16(2)3)21-13-10-17-9-8-15-23-17;/h8-9,15-16H,4-7,10-14H2,1-3H3,(H2,19,20,21);1H. The Morgan fingerprint density at radius 2 is 2.00 bits per heavy atom. The van der Waals surface area contributed by atoms with E-state index in [1.807, 2.05) is 12.1 Å². The summed E-state index contributed by atoms with van der Waals surface area (Å²) < 4.78 is 10.9. The van der Waals surface area contributed by atoms with Crippen LogP contribution in [0.1, 0.15) is 52.2 Å². The molecule has 0 saturated heterocycles. The van der Waals surface area contributed by atoms with Gasteiger partial charge in [0.2, 0.25) is 0 Å². The van der Waals surface area contributed by atoms with E-state index in [1.165, 1.54) is 6.42 Å². The monoisotopic (exact) mass is 451 g/mol. The number of hydrogen-bond acceptors (Lipinski definition) is 3. The Kier molecular flexibility index (Phi) is 15.3. The highest BCUT2D eigenvalue weighted by Crippen LogP contribution is 1.99. The maximum Gasteiger partial charge on any atom is 0.191 e. The van der Waals surface area contributed by atoms with E-state index in [0.29, 0.717) is 6.10 Å². The van der Waals surface area contributed by atoms with Gasteiger partial charge in [0.15, 0.2) is 5.96 Å². The van der Waals surface area contributed by atoms with Gasteiger partial charge in [-0.05, 0) is 45.2 Å². The second-order valence-electron chi connectivity index (χ2n) is 5.89. The number of unbranched alkanes of at least 4 members (excludes halogenated alkanes) is 2. The second-order valence-corrected chi connectivity index (χ2v) is 5.89. The normalized spacial score (nSPS) is 11.4. The van der Waals surface area contributed by atoms with Gasteiger partial charge < -0.3 is 19.8 Å². The van der Waals surface area contributed by atoms with Crippen LogP contribution in [0, 0.1) is 0 Å². The fourth-order valence-corrected chi connectivity index (χ4v) is 2.04. The molecular formula is C18H34IN3O2. The maximum absolute atomic E-state index is 5.54. The van der Waals surface area contributed by atoms with E-state index in [2.05, 4.69) is 36.4 Å². The van der Waals surface area contributed by atoms with Crippen LogP contribution in [0.5, 0.6) is 0 Å². The van der Waals surface area contributed by atoms with Crippen LogP contribution in [0.15, 0.2) is 27.8 Å². The molecule has 0 radical (unpaired) electrons. The summed E-state index contributed by atoms with van der Waals surface area (Å²) >= 11 is 0. The number of nitrogens with one attached hydrogen (secondary N) is 2. The molecule has 140 valence electrons. The Labute approximate surface area is 164 Å². The summed E-state index contributed by atoms with van der Waals surface area (Å²) in [6, 6.07) is 3.92. The van der Waals surface area contributed by atoms with Crippen molar-refractivity contribution in [3.63, 3.8) is 0 Å². The van der Waals surface area contributed by atoms with Crippen LogP contribution in [-0.2, 0) is 11.2 Å². The first-order chi connectivity index (χ1) is 11.2. The SMILES string of the molecule is CCCCNC(=NCCCCOC(C)C)NCCc1ccco1.I. The predicted octanol–water partition coefficient (Wildman–Crippen LogP) is 3.98. The molecule has 1 aromatic rings. The molecule has 5 nitrogen and oxygen atoms in total. The number of furan rings is 1. The van der Waals surface area contributed by atoms with Crippen molar-refractivity contribution in [2.75, 3.05) is 26.2 Å². The number of halogens is 1. The first-order valence-electron chi connectivity index (χ1n) is 8.88. The van der Waals surface area contributed by atoms with Gasteiger partial charge in [-0.2, -0.15) is 0 Å². The van der Waals surface area contributed by atoms with Gasteiger partial charge in [-0.15, -0.1) is 24.0 Å². The van der Waals surface area contributed by atoms with Crippen molar-refractivity contribution in [1.82, 2.24) is 10.6 Å². The number of nitrogens with zero attached hydrogens (tertiary/aromatic N) is 1. The molecule has 0 spiro atoms. The minimum absolute atomic E-state index is 0. The van der Waals surface area contributed by atoms with Crippen molar-refractivity contribution in [3.8, 4) is 0 Å². The van der Waals surface area contributed by atoms with Gasteiger partial charge in [-0.1, -0.05) is 13.3 Å². The summed E-state index contributed by atoms with van der Waals surface area (Å²) in [6.07, 6.45) is 7.32. The van der Waals surface area contributed by atoms with Crippen molar-refractivity contribution in [2.45, 2.75) is 59.0 Å². The summed E-state index contributed by atoms with van der Waals surface area (Å²) in [4.78, 5) is 4.64. The Morgan fingerprint density at radius 3 is 2.67 bits per heavy atom. The lowest BCUT2D eigenvalue weighted by atomic mass is 10.3. The number of rotatable bonds is 12. The molecule has 0 saturated carbocycles. The summed E-state index contributed by atoms with van der Waals surface area (Å²) in [5.74, 6) is 1.89. The molecule has 6 heteroatoms. The predicted molar refractivity (Wildman–Crippen MR) is 111 cm³/mol. The van der Waals surface area contributed by atoms with Crippen LogP contribution in [0.3, 0.4) is 0 Å². The van der Waals surface area contributed by atoms with Crippen LogP contribution in [0.2, 0.25) is 0 Å². The lowest BCUT2D eigenvalue weighted by molar-refractivity contribution is 0.0763. The number of ether oxygens (including phenoxy) is 1. The summed E-state index contributed by atoms with van der Waals surface area (Å²) in [5.41, 5.74) is 0. The van der Waals surface area contributed by atoms with Gasteiger partial charge in [-0.25, -0.2) is 0 Å². The summed E-state index contributed by atoms with van der Waals surface area (Å²) in [7, 11) is 0. The van der Waals surface area contributed by atoms with E-state index in [-0.39, 0.29) is 24.0 Å². The molecule has 1 rings (SSSR count). The molecule has 24 heavy (non-hydrogen) atoms. The molecule has 1 aromatic heterocycles. The molecule has 0 aliphatic carbocycles.